The molecule has 0 nitrogen and oxygen atoms in total. The number of benzene rings is 7. The topological polar surface area (TPSA) is 0 Å². The van der Waals surface area contributed by atoms with Crippen LogP contribution in [-0.4, -0.2) is 0 Å². The molecule has 0 amide bonds. The third-order valence-electron chi connectivity index (χ3n) is 7.22. The van der Waals surface area contributed by atoms with Gasteiger partial charge in [-0.2, -0.15) is 0 Å². The molecule has 8 aromatic rings. The Morgan fingerprint density at radius 2 is 0.848 bits per heavy atom. The number of thiophene rings is 1. The number of hydrogen-bond acceptors (Lipinski definition) is 1. The monoisotopic (exact) mass is 434 g/mol. The summed E-state index contributed by atoms with van der Waals surface area (Å²) < 4.78 is 1.38. The van der Waals surface area contributed by atoms with Crippen molar-refractivity contribution in [1.82, 2.24) is 0 Å². The van der Waals surface area contributed by atoms with Gasteiger partial charge in [0.2, 0.25) is 0 Å². The molecule has 0 aliphatic rings. The second-order valence-electron chi connectivity index (χ2n) is 8.98. The molecule has 0 bridgehead atoms. The van der Waals surface area contributed by atoms with Crippen LogP contribution >= 0.6 is 11.3 Å². The predicted octanol–water partition coefficient (Wildman–Crippen LogP) is 9.82. The van der Waals surface area contributed by atoms with Gasteiger partial charge in [-0.25, -0.2) is 0 Å². The largest absolute Gasteiger partial charge is 0.143 e. The van der Waals surface area contributed by atoms with Gasteiger partial charge < -0.3 is 0 Å². The second-order valence-corrected chi connectivity index (χ2v) is 9.90. The van der Waals surface area contributed by atoms with Gasteiger partial charge in [-0.15, -0.1) is 11.3 Å². The smallest absolute Gasteiger partial charge is 0.0428 e. The molecule has 0 saturated heterocycles. The van der Waals surface area contributed by atoms with E-state index in [4.69, 9.17) is 0 Å². The first kappa shape index (κ1) is 17.6. The zero-order valence-electron chi connectivity index (χ0n) is 17.8. The van der Waals surface area contributed by atoms with Gasteiger partial charge in [0.25, 0.3) is 0 Å². The molecular formula is C32H18S. The molecule has 0 spiro atoms. The molecule has 0 atom stereocenters. The fraction of sp³-hybridized carbons (Fsp3) is 0. The highest BCUT2D eigenvalue weighted by molar-refractivity contribution is 7.18. The fourth-order valence-electron chi connectivity index (χ4n) is 5.72. The maximum Gasteiger partial charge on any atom is 0.0428 e. The van der Waals surface area contributed by atoms with E-state index < -0.39 is 0 Å². The van der Waals surface area contributed by atoms with Crippen LogP contribution in [0.2, 0.25) is 0 Å². The summed E-state index contributed by atoms with van der Waals surface area (Å²) in [5.41, 5.74) is 0. The van der Waals surface area contributed by atoms with Crippen LogP contribution < -0.4 is 0 Å². The van der Waals surface area contributed by atoms with E-state index in [0.717, 1.165) is 0 Å². The Hall–Kier alpha value is -3.94. The molecule has 0 unspecified atom stereocenters. The van der Waals surface area contributed by atoms with E-state index in [1.165, 1.54) is 74.7 Å². The first-order valence-electron chi connectivity index (χ1n) is 11.3. The normalized spacial score (nSPS) is 12.2. The first-order chi connectivity index (χ1) is 16.3. The minimum Gasteiger partial charge on any atom is -0.143 e. The highest BCUT2D eigenvalue weighted by Gasteiger charge is 2.15. The molecule has 0 aliphatic carbocycles. The summed E-state index contributed by atoms with van der Waals surface area (Å²) in [4.78, 5) is 0. The Balaban J connectivity index is 1.68. The molecule has 1 aromatic heterocycles. The first-order valence-corrected chi connectivity index (χ1v) is 12.2. The van der Waals surface area contributed by atoms with Crippen molar-refractivity contribution in [3.05, 3.63) is 109 Å². The maximum absolute atomic E-state index is 2.39. The van der Waals surface area contributed by atoms with Gasteiger partial charge in [0.15, 0.2) is 0 Å². The lowest BCUT2D eigenvalue weighted by Gasteiger charge is -2.14. The van der Waals surface area contributed by atoms with Gasteiger partial charge in [0.1, 0.15) is 0 Å². The summed E-state index contributed by atoms with van der Waals surface area (Å²) in [6.45, 7) is 0. The third kappa shape index (κ3) is 2.35. The zero-order chi connectivity index (χ0) is 21.5. The molecule has 33 heavy (non-hydrogen) atoms. The standard InChI is InChI=1S/C32H18S/c1-4-8-22-18-29-23(15-19(22)5-1)9-11-25-30-26(32-27(31(25)29)13-14-33-32)12-10-24-16-20-6-2-3-7-21(20)17-28(24)30/h1-18H. The highest BCUT2D eigenvalue weighted by Crippen LogP contribution is 2.44. The van der Waals surface area contributed by atoms with E-state index in [1.54, 1.807) is 0 Å². The second kappa shape index (κ2) is 6.31. The van der Waals surface area contributed by atoms with Crippen LogP contribution in [0.3, 0.4) is 0 Å². The molecule has 1 heteroatoms. The van der Waals surface area contributed by atoms with Crippen LogP contribution in [0.25, 0.3) is 74.7 Å². The van der Waals surface area contributed by atoms with Gasteiger partial charge in [-0.3, -0.25) is 0 Å². The highest BCUT2D eigenvalue weighted by atomic mass is 32.1. The summed E-state index contributed by atoms with van der Waals surface area (Å²) in [7, 11) is 0. The average molecular weight is 435 g/mol. The number of fused-ring (bicyclic) bond motifs is 12. The Labute approximate surface area is 194 Å². The van der Waals surface area contributed by atoms with E-state index in [9.17, 15) is 0 Å². The van der Waals surface area contributed by atoms with Crippen LogP contribution in [0.4, 0.5) is 0 Å². The van der Waals surface area contributed by atoms with E-state index in [0.29, 0.717) is 0 Å². The van der Waals surface area contributed by atoms with Crippen molar-refractivity contribution in [1.29, 1.82) is 0 Å². The van der Waals surface area contributed by atoms with Crippen molar-refractivity contribution in [2.24, 2.45) is 0 Å². The van der Waals surface area contributed by atoms with Gasteiger partial charge in [-0.05, 0) is 95.0 Å². The SMILES string of the molecule is c1ccc2cc3c(ccc4c3c3ccsc3c3ccc5cc6ccccc6cc5c34)cc2c1. The Kier molecular flexibility index (Phi) is 3.37. The minimum atomic E-state index is 1.29. The van der Waals surface area contributed by atoms with Crippen LogP contribution in [0, 0.1) is 0 Å². The Morgan fingerprint density at radius 1 is 0.364 bits per heavy atom. The van der Waals surface area contributed by atoms with Crippen molar-refractivity contribution in [2.75, 3.05) is 0 Å². The number of rotatable bonds is 0. The lowest BCUT2D eigenvalue weighted by Crippen LogP contribution is -1.86. The van der Waals surface area contributed by atoms with E-state index in [1.807, 2.05) is 11.3 Å². The predicted molar refractivity (Wildman–Crippen MR) is 147 cm³/mol. The van der Waals surface area contributed by atoms with Crippen molar-refractivity contribution in [3.8, 4) is 0 Å². The molecule has 152 valence electrons. The van der Waals surface area contributed by atoms with Gasteiger partial charge >= 0.3 is 0 Å². The molecule has 8 rings (SSSR count). The molecule has 1 heterocycles. The molecule has 7 aromatic carbocycles. The van der Waals surface area contributed by atoms with Crippen molar-refractivity contribution < 1.29 is 0 Å². The molecule has 0 N–H and O–H groups in total. The molecule has 0 aliphatic heterocycles. The molecule has 0 fully saturated rings. The van der Waals surface area contributed by atoms with Crippen molar-refractivity contribution in [3.63, 3.8) is 0 Å². The van der Waals surface area contributed by atoms with E-state index in [2.05, 4.69) is 109 Å². The van der Waals surface area contributed by atoms with Crippen LogP contribution in [0.5, 0.6) is 0 Å². The summed E-state index contributed by atoms with van der Waals surface area (Å²) in [6, 6.07) is 38.4. The van der Waals surface area contributed by atoms with E-state index >= 15 is 0 Å². The zero-order valence-corrected chi connectivity index (χ0v) is 18.6. The lowest BCUT2D eigenvalue weighted by atomic mass is 9.90. The van der Waals surface area contributed by atoms with Gasteiger partial charge in [-0.1, -0.05) is 72.8 Å². The fourth-order valence-corrected chi connectivity index (χ4v) is 6.65. The molecule has 0 saturated carbocycles. The van der Waals surface area contributed by atoms with Crippen molar-refractivity contribution >= 4 is 86.1 Å². The quantitative estimate of drug-likeness (QED) is 0.164. The van der Waals surface area contributed by atoms with Crippen LogP contribution in [0.1, 0.15) is 0 Å². The molecular weight excluding hydrogens is 416 g/mol. The maximum atomic E-state index is 2.39. The minimum absolute atomic E-state index is 1.29. The Bertz CT molecular complexity index is 2070. The van der Waals surface area contributed by atoms with E-state index in [-0.39, 0.29) is 0 Å². The summed E-state index contributed by atoms with van der Waals surface area (Å²) >= 11 is 1.86. The van der Waals surface area contributed by atoms with Crippen molar-refractivity contribution in [2.45, 2.75) is 0 Å². The molecule has 0 radical (unpaired) electrons. The summed E-state index contributed by atoms with van der Waals surface area (Å²) in [6.07, 6.45) is 0. The number of hydrogen-bond donors (Lipinski definition) is 0. The summed E-state index contributed by atoms with van der Waals surface area (Å²) in [5, 5.41) is 19.5. The van der Waals surface area contributed by atoms with Crippen LogP contribution in [-0.2, 0) is 0 Å². The summed E-state index contributed by atoms with van der Waals surface area (Å²) in [5.74, 6) is 0. The van der Waals surface area contributed by atoms with Crippen LogP contribution in [0.15, 0.2) is 109 Å². The Morgan fingerprint density at radius 3 is 1.42 bits per heavy atom. The average Bonchev–Trinajstić information content (AvgIpc) is 3.35. The third-order valence-corrected chi connectivity index (χ3v) is 8.17. The lowest BCUT2D eigenvalue weighted by molar-refractivity contribution is 1.79. The van der Waals surface area contributed by atoms with Gasteiger partial charge in [0.05, 0.1) is 0 Å². The van der Waals surface area contributed by atoms with Gasteiger partial charge in [0, 0.05) is 15.5 Å².